The van der Waals surface area contributed by atoms with Crippen LogP contribution in [0.15, 0.2) is 18.2 Å². The van der Waals surface area contributed by atoms with Crippen LogP contribution in [0.5, 0.6) is 11.5 Å². The quantitative estimate of drug-likeness (QED) is 0.776. The first-order valence-corrected chi connectivity index (χ1v) is 5.69. The fraction of sp³-hybridized carbons (Fsp3) is 0.462. The number of fused-ring (bicyclic) bond motifs is 1. The molecule has 1 aromatic carbocycles. The molecule has 0 aliphatic carbocycles. The SMILES string of the molecule is N#CCC1(c2ccc3c(c2)OCCO3)COC1. The Balaban J connectivity index is 1.95. The van der Waals surface area contributed by atoms with E-state index in [0.29, 0.717) is 32.8 Å². The Labute approximate surface area is 99.7 Å². The van der Waals surface area contributed by atoms with Crippen molar-refractivity contribution in [2.75, 3.05) is 26.4 Å². The number of nitrogens with zero attached hydrogens (tertiary/aromatic N) is 1. The number of hydrogen-bond donors (Lipinski definition) is 0. The lowest BCUT2D eigenvalue weighted by Gasteiger charge is -2.40. The highest BCUT2D eigenvalue weighted by atomic mass is 16.6. The van der Waals surface area contributed by atoms with Crippen LogP contribution < -0.4 is 9.47 Å². The van der Waals surface area contributed by atoms with Crippen molar-refractivity contribution in [1.82, 2.24) is 0 Å². The predicted octanol–water partition coefficient (Wildman–Crippen LogP) is 1.64. The second-order valence-electron chi connectivity index (χ2n) is 4.47. The highest BCUT2D eigenvalue weighted by Crippen LogP contribution is 2.40. The Morgan fingerprint density at radius 1 is 1.18 bits per heavy atom. The molecule has 0 spiro atoms. The topological polar surface area (TPSA) is 51.5 Å². The van der Waals surface area contributed by atoms with Gasteiger partial charge in [-0.15, -0.1) is 0 Å². The fourth-order valence-corrected chi connectivity index (χ4v) is 2.24. The second kappa shape index (κ2) is 3.94. The molecule has 2 aliphatic heterocycles. The molecule has 2 aliphatic rings. The maximum atomic E-state index is 8.91. The highest BCUT2D eigenvalue weighted by Gasteiger charge is 2.40. The Hall–Kier alpha value is -1.73. The van der Waals surface area contributed by atoms with Crippen LogP contribution in [0, 0.1) is 11.3 Å². The van der Waals surface area contributed by atoms with Crippen LogP contribution in [0.25, 0.3) is 0 Å². The van der Waals surface area contributed by atoms with E-state index in [1.165, 1.54) is 0 Å². The van der Waals surface area contributed by atoms with E-state index in [9.17, 15) is 0 Å². The van der Waals surface area contributed by atoms with Gasteiger partial charge in [0.05, 0.1) is 24.7 Å². The van der Waals surface area contributed by atoms with Crippen molar-refractivity contribution in [3.05, 3.63) is 23.8 Å². The molecule has 2 heterocycles. The van der Waals surface area contributed by atoms with Gasteiger partial charge in [-0.2, -0.15) is 5.26 Å². The van der Waals surface area contributed by atoms with Crippen LogP contribution in [-0.2, 0) is 10.2 Å². The largest absolute Gasteiger partial charge is 0.486 e. The maximum absolute atomic E-state index is 8.91. The molecule has 4 heteroatoms. The summed E-state index contributed by atoms with van der Waals surface area (Å²) in [7, 11) is 0. The third-order valence-electron chi connectivity index (χ3n) is 3.33. The number of hydrogen-bond acceptors (Lipinski definition) is 4. The van der Waals surface area contributed by atoms with Gasteiger partial charge in [-0.1, -0.05) is 6.07 Å². The summed E-state index contributed by atoms with van der Waals surface area (Å²) >= 11 is 0. The standard InChI is InChI=1S/C13H13NO3/c14-4-3-13(8-15-9-13)10-1-2-11-12(7-10)17-6-5-16-11/h1-2,7H,3,5-6,8-9H2. The van der Waals surface area contributed by atoms with E-state index < -0.39 is 0 Å². The lowest BCUT2D eigenvalue weighted by molar-refractivity contribution is -0.0578. The minimum atomic E-state index is -0.148. The van der Waals surface area contributed by atoms with E-state index in [2.05, 4.69) is 6.07 Å². The first kappa shape index (κ1) is 10.4. The third-order valence-corrected chi connectivity index (χ3v) is 3.33. The van der Waals surface area contributed by atoms with Crippen LogP contribution in [0.3, 0.4) is 0 Å². The first-order chi connectivity index (χ1) is 8.34. The first-order valence-electron chi connectivity index (χ1n) is 5.69. The highest BCUT2D eigenvalue weighted by molar-refractivity contribution is 5.47. The zero-order valence-corrected chi connectivity index (χ0v) is 9.44. The molecule has 0 amide bonds. The lowest BCUT2D eigenvalue weighted by atomic mass is 9.76. The summed E-state index contributed by atoms with van der Waals surface area (Å²) in [5.74, 6) is 1.56. The fourth-order valence-electron chi connectivity index (χ4n) is 2.24. The Morgan fingerprint density at radius 3 is 2.59 bits per heavy atom. The van der Waals surface area contributed by atoms with Gasteiger partial charge in [-0.3, -0.25) is 0 Å². The minimum Gasteiger partial charge on any atom is -0.486 e. The van der Waals surface area contributed by atoms with E-state index >= 15 is 0 Å². The summed E-state index contributed by atoms with van der Waals surface area (Å²) in [6.45, 7) is 2.40. The van der Waals surface area contributed by atoms with Gasteiger partial charge in [0, 0.05) is 6.42 Å². The third kappa shape index (κ3) is 1.63. The normalized spacial score (nSPS) is 20.2. The molecule has 4 nitrogen and oxygen atoms in total. The van der Waals surface area contributed by atoms with Crippen LogP contribution in [0.4, 0.5) is 0 Å². The van der Waals surface area contributed by atoms with Gasteiger partial charge in [0.1, 0.15) is 13.2 Å². The van der Waals surface area contributed by atoms with Crippen LogP contribution >= 0.6 is 0 Å². The van der Waals surface area contributed by atoms with Crippen molar-refractivity contribution in [3.8, 4) is 17.6 Å². The van der Waals surface area contributed by atoms with Crippen molar-refractivity contribution in [2.45, 2.75) is 11.8 Å². The molecule has 3 rings (SSSR count). The van der Waals surface area contributed by atoms with Gasteiger partial charge < -0.3 is 14.2 Å². The van der Waals surface area contributed by atoms with E-state index in [1.54, 1.807) is 0 Å². The van der Waals surface area contributed by atoms with E-state index in [-0.39, 0.29) is 5.41 Å². The summed E-state index contributed by atoms with van der Waals surface area (Å²) in [5, 5.41) is 8.91. The molecule has 0 unspecified atom stereocenters. The van der Waals surface area contributed by atoms with Crippen LogP contribution in [0.2, 0.25) is 0 Å². The smallest absolute Gasteiger partial charge is 0.161 e. The van der Waals surface area contributed by atoms with Crippen molar-refractivity contribution in [2.24, 2.45) is 0 Å². The van der Waals surface area contributed by atoms with Crippen LogP contribution in [-0.4, -0.2) is 26.4 Å². The summed E-state index contributed by atoms with van der Waals surface area (Å²) in [4.78, 5) is 0. The minimum absolute atomic E-state index is 0.148. The van der Waals surface area contributed by atoms with Crippen molar-refractivity contribution >= 4 is 0 Å². The summed E-state index contributed by atoms with van der Waals surface area (Å²) in [6.07, 6.45) is 0.479. The molecule has 0 N–H and O–H groups in total. The zero-order valence-electron chi connectivity index (χ0n) is 9.44. The molecular formula is C13H13NO3. The molecule has 1 saturated heterocycles. The zero-order chi connectivity index (χ0) is 11.7. The van der Waals surface area contributed by atoms with Crippen molar-refractivity contribution < 1.29 is 14.2 Å². The molecule has 0 aromatic heterocycles. The average molecular weight is 231 g/mol. The molecule has 1 fully saturated rings. The molecule has 17 heavy (non-hydrogen) atoms. The summed E-state index contributed by atoms with van der Waals surface area (Å²) in [6, 6.07) is 8.14. The van der Waals surface area contributed by atoms with Gasteiger partial charge in [0.2, 0.25) is 0 Å². The number of ether oxygens (including phenoxy) is 3. The number of nitriles is 1. The molecule has 0 radical (unpaired) electrons. The molecule has 0 saturated carbocycles. The Bertz CT molecular complexity index is 474. The summed E-state index contributed by atoms with van der Waals surface area (Å²) < 4.78 is 16.3. The molecule has 88 valence electrons. The lowest BCUT2D eigenvalue weighted by Crippen LogP contribution is -2.46. The average Bonchev–Trinajstić information content (AvgIpc) is 2.33. The Morgan fingerprint density at radius 2 is 1.94 bits per heavy atom. The van der Waals surface area contributed by atoms with Crippen molar-refractivity contribution in [1.29, 1.82) is 5.26 Å². The number of benzene rings is 1. The van der Waals surface area contributed by atoms with Gasteiger partial charge in [-0.25, -0.2) is 0 Å². The van der Waals surface area contributed by atoms with Gasteiger partial charge in [0.25, 0.3) is 0 Å². The molecule has 0 bridgehead atoms. The maximum Gasteiger partial charge on any atom is 0.161 e. The van der Waals surface area contributed by atoms with E-state index in [4.69, 9.17) is 19.5 Å². The van der Waals surface area contributed by atoms with Crippen LogP contribution in [0.1, 0.15) is 12.0 Å². The predicted molar refractivity (Wildman–Crippen MR) is 60.2 cm³/mol. The second-order valence-corrected chi connectivity index (χ2v) is 4.47. The van der Waals surface area contributed by atoms with Gasteiger partial charge in [0.15, 0.2) is 11.5 Å². The number of rotatable bonds is 2. The van der Waals surface area contributed by atoms with E-state index in [0.717, 1.165) is 17.1 Å². The van der Waals surface area contributed by atoms with Crippen molar-refractivity contribution in [3.63, 3.8) is 0 Å². The van der Waals surface area contributed by atoms with Gasteiger partial charge in [-0.05, 0) is 17.7 Å². The van der Waals surface area contributed by atoms with E-state index in [1.807, 2.05) is 18.2 Å². The molecular weight excluding hydrogens is 218 g/mol. The summed E-state index contributed by atoms with van der Waals surface area (Å²) in [5.41, 5.74) is 0.958. The molecule has 0 atom stereocenters. The van der Waals surface area contributed by atoms with Gasteiger partial charge >= 0.3 is 0 Å². The molecule has 1 aromatic rings. The Kier molecular flexibility index (Phi) is 2.41. The monoisotopic (exact) mass is 231 g/mol.